The summed E-state index contributed by atoms with van der Waals surface area (Å²) in [6.45, 7) is 0. The van der Waals surface area contributed by atoms with Crippen molar-refractivity contribution in [1.29, 1.82) is 0 Å². The molecule has 16 heavy (non-hydrogen) atoms. The van der Waals surface area contributed by atoms with Gasteiger partial charge in [-0.05, 0) is 11.6 Å². The van der Waals surface area contributed by atoms with E-state index >= 15 is 0 Å². The highest BCUT2D eigenvalue weighted by atomic mass is 19.2. The number of benzene rings is 1. The van der Waals surface area contributed by atoms with E-state index in [9.17, 15) is 18.0 Å². The lowest BCUT2D eigenvalue weighted by molar-refractivity contribution is -0.142. The van der Waals surface area contributed by atoms with Crippen LogP contribution in [0.25, 0.3) is 0 Å². The van der Waals surface area contributed by atoms with Gasteiger partial charge in [0.1, 0.15) is 11.9 Å². The topological polar surface area (TPSA) is 52.3 Å². The molecule has 0 bridgehead atoms. The molecule has 0 amide bonds. The molecule has 0 saturated heterocycles. The second-order valence-corrected chi connectivity index (χ2v) is 3.19. The van der Waals surface area contributed by atoms with Gasteiger partial charge in [-0.15, -0.1) is 0 Å². The number of rotatable bonds is 3. The van der Waals surface area contributed by atoms with E-state index in [1.165, 1.54) is 0 Å². The summed E-state index contributed by atoms with van der Waals surface area (Å²) in [6, 6.07) is 0.0599. The molecule has 0 saturated carbocycles. The molecule has 1 aromatic rings. The number of halogens is 3. The number of ether oxygens (including phenoxy) is 1. The van der Waals surface area contributed by atoms with Crippen molar-refractivity contribution in [3.63, 3.8) is 0 Å². The third-order valence-corrected chi connectivity index (χ3v) is 2.01. The van der Waals surface area contributed by atoms with E-state index in [-0.39, 0.29) is 12.0 Å². The van der Waals surface area contributed by atoms with Gasteiger partial charge in [-0.1, -0.05) is 0 Å². The Hall–Kier alpha value is -1.56. The Balaban J connectivity index is 2.93. The highest BCUT2D eigenvalue weighted by Crippen LogP contribution is 2.15. The average Bonchev–Trinajstić information content (AvgIpc) is 2.23. The van der Waals surface area contributed by atoms with Crippen LogP contribution in [0.3, 0.4) is 0 Å². The van der Waals surface area contributed by atoms with E-state index in [1.54, 1.807) is 0 Å². The van der Waals surface area contributed by atoms with Gasteiger partial charge < -0.3 is 10.5 Å². The second kappa shape index (κ2) is 4.98. The predicted molar refractivity (Wildman–Crippen MR) is 50.0 cm³/mol. The first-order chi connectivity index (χ1) is 7.45. The lowest BCUT2D eigenvalue weighted by atomic mass is 10.1. The number of esters is 1. The van der Waals surface area contributed by atoms with Crippen LogP contribution in [0.15, 0.2) is 12.1 Å². The molecule has 1 rings (SSSR count). The molecule has 0 radical (unpaired) electrons. The molecule has 0 unspecified atom stereocenters. The molecule has 0 aromatic heterocycles. The summed E-state index contributed by atoms with van der Waals surface area (Å²) in [6.07, 6.45) is -0.326. The van der Waals surface area contributed by atoms with Crippen molar-refractivity contribution in [2.45, 2.75) is 12.5 Å². The first kappa shape index (κ1) is 12.5. The van der Waals surface area contributed by atoms with Gasteiger partial charge in [0.15, 0.2) is 11.6 Å². The molecular formula is C10H10F3NO2. The van der Waals surface area contributed by atoms with Gasteiger partial charge in [0.05, 0.1) is 7.11 Å². The molecule has 88 valence electrons. The Labute approximate surface area is 90.0 Å². The van der Waals surface area contributed by atoms with Crippen molar-refractivity contribution in [1.82, 2.24) is 0 Å². The lowest BCUT2D eigenvalue weighted by Gasteiger charge is -2.10. The zero-order valence-corrected chi connectivity index (χ0v) is 8.47. The first-order valence-electron chi connectivity index (χ1n) is 4.42. The normalized spacial score (nSPS) is 12.3. The van der Waals surface area contributed by atoms with E-state index < -0.39 is 29.5 Å². The van der Waals surface area contributed by atoms with Crippen LogP contribution in [0.1, 0.15) is 5.56 Å². The van der Waals surface area contributed by atoms with E-state index in [0.717, 1.165) is 13.2 Å². The third kappa shape index (κ3) is 2.73. The van der Waals surface area contributed by atoms with Crippen LogP contribution >= 0.6 is 0 Å². The van der Waals surface area contributed by atoms with Crippen LogP contribution in [0.2, 0.25) is 0 Å². The fraction of sp³-hybridized carbons (Fsp3) is 0.300. The minimum Gasteiger partial charge on any atom is -0.468 e. The molecule has 3 nitrogen and oxygen atoms in total. The zero-order valence-electron chi connectivity index (χ0n) is 8.47. The van der Waals surface area contributed by atoms with Crippen molar-refractivity contribution in [3.05, 3.63) is 35.1 Å². The summed E-state index contributed by atoms with van der Waals surface area (Å²) in [5.74, 6) is -4.22. The zero-order chi connectivity index (χ0) is 12.3. The van der Waals surface area contributed by atoms with Gasteiger partial charge in [0.2, 0.25) is 0 Å². The SMILES string of the molecule is COC(=O)[C@@H](N)Cc1cc(F)cc(F)c1F. The fourth-order valence-corrected chi connectivity index (χ4v) is 1.23. The summed E-state index contributed by atoms with van der Waals surface area (Å²) in [5, 5.41) is 0. The highest BCUT2D eigenvalue weighted by molar-refractivity contribution is 5.75. The van der Waals surface area contributed by atoms with Crippen molar-refractivity contribution >= 4 is 5.97 Å². The van der Waals surface area contributed by atoms with E-state index in [2.05, 4.69) is 4.74 Å². The molecule has 0 heterocycles. The molecule has 1 atom stereocenters. The molecule has 0 spiro atoms. The van der Waals surface area contributed by atoms with E-state index in [4.69, 9.17) is 5.73 Å². The Kier molecular flexibility index (Phi) is 3.89. The molecule has 0 aliphatic rings. The van der Waals surface area contributed by atoms with Crippen LogP contribution in [-0.4, -0.2) is 19.1 Å². The van der Waals surface area contributed by atoms with Crippen molar-refractivity contribution in [2.75, 3.05) is 7.11 Å². The summed E-state index contributed by atoms with van der Waals surface area (Å²) in [7, 11) is 1.12. The van der Waals surface area contributed by atoms with E-state index in [1.807, 2.05) is 0 Å². The molecule has 0 aliphatic carbocycles. The molecule has 0 fully saturated rings. The smallest absolute Gasteiger partial charge is 0.322 e. The minimum atomic E-state index is -1.31. The second-order valence-electron chi connectivity index (χ2n) is 3.19. The maximum Gasteiger partial charge on any atom is 0.322 e. The Morgan fingerprint density at radius 1 is 1.44 bits per heavy atom. The van der Waals surface area contributed by atoms with Gasteiger partial charge >= 0.3 is 5.97 Å². The van der Waals surface area contributed by atoms with Crippen molar-refractivity contribution < 1.29 is 22.7 Å². The lowest BCUT2D eigenvalue weighted by Crippen LogP contribution is -2.34. The summed E-state index contributed by atoms with van der Waals surface area (Å²) >= 11 is 0. The first-order valence-corrected chi connectivity index (χ1v) is 4.42. The van der Waals surface area contributed by atoms with Crippen LogP contribution in [0.4, 0.5) is 13.2 Å². The van der Waals surface area contributed by atoms with Gasteiger partial charge in [0.25, 0.3) is 0 Å². The molecule has 2 N–H and O–H groups in total. The number of carbonyl (C=O) groups excluding carboxylic acids is 1. The molecular weight excluding hydrogens is 223 g/mol. The number of carbonyl (C=O) groups is 1. The van der Waals surface area contributed by atoms with Gasteiger partial charge in [-0.2, -0.15) is 0 Å². The summed E-state index contributed by atoms with van der Waals surface area (Å²) in [5.41, 5.74) is 5.05. The van der Waals surface area contributed by atoms with Gasteiger partial charge in [-0.3, -0.25) is 4.79 Å². The predicted octanol–water partition coefficient (Wildman–Crippen LogP) is 1.15. The third-order valence-electron chi connectivity index (χ3n) is 2.01. The molecule has 0 aliphatic heterocycles. The minimum absolute atomic E-state index is 0.296. The number of nitrogens with two attached hydrogens (primary N) is 1. The monoisotopic (exact) mass is 233 g/mol. The Bertz CT molecular complexity index is 409. The molecule has 1 aromatic carbocycles. The number of hydrogen-bond acceptors (Lipinski definition) is 3. The van der Waals surface area contributed by atoms with E-state index in [0.29, 0.717) is 6.07 Å². The number of methoxy groups -OCH3 is 1. The Morgan fingerprint density at radius 3 is 2.62 bits per heavy atom. The maximum absolute atomic E-state index is 13.2. The maximum atomic E-state index is 13.2. The van der Waals surface area contributed by atoms with Gasteiger partial charge in [-0.25, -0.2) is 13.2 Å². The van der Waals surface area contributed by atoms with Gasteiger partial charge in [0, 0.05) is 12.5 Å². The quantitative estimate of drug-likeness (QED) is 0.629. The van der Waals surface area contributed by atoms with Crippen molar-refractivity contribution in [2.24, 2.45) is 5.73 Å². The fourth-order valence-electron chi connectivity index (χ4n) is 1.23. The molecule has 6 heteroatoms. The van der Waals surface area contributed by atoms with Crippen molar-refractivity contribution in [3.8, 4) is 0 Å². The standard InChI is InChI=1S/C10H10F3NO2/c1-16-10(15)8(14)3-5-2-6(11)4-7(12)9(5)13/h2,4,8H,3,14H2,1H3/t8-/m0/s1. The summed E-state index contributed by atoms with van der Waals surface area (Å²) in [4.78, 5) is 10.9. The van der Waals surface area contributed by atoms with Crippen LogP contribution in [-0.2, 0) is 16.0 Å². The summed E-state index contributed by atoms with van der Waals surface area (Å²) < 4.78 is 43.0. The Morgan fingerprint density at radius 2 is 2.06 bits per heavy atom. The van der Waals surface area contributed by atoms with Crippen LogP contribution in [0, 0.1) is 17.5 Å². The number of hydrogen-bond donors (Lipinski definition) is 1. The highest BCUT2D eigenvalue weighted by Gasteiger charge is 2.19. The van der Waals surface area contributed by atoms with Crippen LogP contribution in [0.5, 0.6) is 0 Å². The average molecular weight is 233 g/mol. The van der Waals surface area contributed by atoms with Crippen LogP contribution < -0.4 is 5.73 Å². The largest absolute Gasteiger partial charge is 0.468 e.